The molecular weight excluding hydrogens is 267 g/mol. The van der Waals surface area contributed by atoms with Gasteiger partial charge in [-0.3, -0.25) is 4.90 Å². The zero-order valence-corrected chi connectivity index (χ0v) is 12.8. The quantitative estimate of drug-likeness (QED) is 0.926. The van der Waals surface area contributed by atoms with E-state index >= 15 is 0 Å². The summed E-state index contributed by atoms with van der Waals surface area (Å²) in [6, 6.07) is 4.80. The zero-order chi connectivity index (χ0) is 14.9. The number of hydrogen-bond donors (Lipinski definition) is 1. The molecule has 0 aromatic heterocycles. The molecule has 1 saturated carbocycles. The molecule has 2 aliphatic rings. The maximum Gasteiger partial charge on any atom is 0.131 e. The smallest absolute Gasteiger partial charge is 0.131 e. The molecule has 2 N–H and O–H groups in total. The van der Waals surface area contributed by atoms with Crippen molar-refractivity contribution in [1.29, 1.82) is 0 Å². The van der Waals surface area contributed by atoms with Crippen molar-refractivity contribution in [3.63, 3.8) is 0 Å². The second-order valence-corrected chi connectivity index (χ2v) is 6.37. The van der Waals surface area contributed by atoms with Crippen LogP contribution in [-0.2, 0) is 0 Å². The summed E-state index contributed by atoms with van der Waals surface area (Å²) in [6.45, 7) is 2.21. The first kappa shape index (κ1) is 14.8. The van der Waals surface area contributed by atoms with Crippen LogP contribution in [0.1, 0.15) is 50.1 Å². The molecule has 1 saturated heterocycles. The number of rotatable bonds is 4. The van der Waals surface area contributed by atoms with Crippen molar-refractivity contribution in [2.24, 2.45) is 5.73 Å². The highest BCUT2D eigenvalue weighted by atomic mass is 19.1. The molecule has 1 unspecified atom stereocenters. The summed E-state index contributed by atoms with van der Waals surface area (Å²) < 4.78 is 19.5. The van der Waals surface area contributed by atoms with Gasteiger partial charge in [-0.25, -0.2) is 4.39 Å². The van der Waals surface area contributed by atoms with E-state index in [0.717, 1.165) is 25.9 Å². The number of benzene rings is 1. The third kappa shape index (κ3) is 2.55. The Bertz CT molecular complexity index is 494. The molecular formula is C17H25FN2O. The van der Waals surface area contributed by atoms with Gasteiger partial charge in [0, 0.05) is 17.2 Å². The van der Waals surface area contributed by atoms with E-state index in [0.29, 0.717) is 11.3 Å². The van der Waals surface area contributed by atoms with E-state index in [2.05, 4.69) is 4.90 Å². The molecule has 116 valence electrons. The highest BCUT2D eigenvalue weighted by Crippen LogP contribution is 2.45. The first-order chi connectivity index (χ1) is 10.2. The average Bonchev–Trinajstić information content (AvgIpc) is 3.17. The van der Waals surface area contributed by atoms with Gasteiger partial charge in [0.05, 0.1) is 13.2 Å². The van der Waals surface area contributed by atoms with Crippen LogP contribution in [0.2, 0.25) is 0 Å². The Morgan fingerprint density at radius 2 is 1.86 bits per heavy atom. The molecule has 0 amide bonds. The zero-order valence-electron chi connectivity index (χ0n) is 12.8. The first-order valence-electron chi connectivity index (χ1n) is 8.01. The van der Waals surface area contributed by atoms with E-state index in [-0.39, 0.29) is 17.4 Å². The fourth-order valence-electron chi connectivity index (χ4n) is 4.15. The highest BCUT2D eigenvalue weighted by Gasteiger charge is 2.46. The van der Waals surface area contributed by atoms with Crippen molar-refractivity contribution in [1.82, 2.24) is 4.90 Å². The number of likely N-dealkylation sites (tertiary alicyclic amines) is 1. The van der Waals surface area contributed by atoms with Crippen LogP contribution >= 0.6 is 0 Å². The van der Waals surface area contributed by atoms with Crippen LogP contribution in [-0.4, -0.2) is 30.6 Å². The van der Waals surface area contributed by atoms with Gasteiger partial charge < -0.3 is 10.5 Å². The molecule has 1 atom stereocenters. The van der Waals surface area contributed by atoms with Crippen molar-refractivity contribution in [2.75, 3.05) is 20.2 Å². The van der Waals surface area contributed by atoms with E-state index in [1.807, 2.05) is 6.07 Å². The summed E-state index contributed by atoms with van der Waals surface area (Å²) in [5.41, 5.74) is 7.16. The van der Waals surface area contributed by atoms with Gasteiger partial charge in [0.1, 0.15) is 11.6 Å². The molecule has 21 heavy (non-hydrogen) atoms. The monoisotopic (exact) mass is 292 g/mol. The number of nitrogens with zero attached hydrogens (tertiary/aromatic N) is 1. The fourth-order valence-corrected chi connectivity index (χ4v) is 4.15. The molecule has 0 spiro atoms. The summed E-state index contributed by atoms with van der Waals surface area (Å²) in [4.78, 5) is 2.52. The van der Waals surface area contributed by atoms with Crippen LogP contribution in [0.3, 0.4) is 0 Å². The van der Waals surface area contributed by atoms with Crippen LogP contribution in [0, 0.1) is 5.82 Å². The summed E-state index contributed by atoms with van der Waals surface area (Å²) in [5.74, 6) is 0.303. The Labute approximate surface area is 126 Å². The Kier molecular flexibility index (Phi) is 4.18. The highest BCUT2D eigenvalue weighted by molar-refractivity contribution is 5.33. The van der Waals surface area contributed by atoms with Gasteiger partial charge in [0.25, 0.3) is 0 Å². The Hall–Kier alpha value is -1.13. The average molecular weight is 292 g/mol. The SMILES string of the molecule is COc1ccc(C(N)C2(N3CCCC3)CCCC2)c(F)c1. The van der Waals surface area contributed by atoms with E-state index in [1.54, 1.807) is 13.2 Å². The molecule has 0 radical (unpaired) electrons. The van der Waals surface area contributed by atoms with Gasteiger partial charge in [-0.05, 0) is 44.8 Å². The first-order valence-corrected chi connectivity index (χ1v) is 8.01. The molecule has 3 rings (SSSR count). The van der Waals surface area contributed by atoms with Gasteiger partial charge in [0.15, 0.2) is 0 Å². The summed E-state index contributed by atoms with van der Waals surface area (Å²) in [7, 11) is 1.55. The Balaban J connectivity index is 1.92. The molecule has 3 nitrogen and oxygen atoms in total. The molecule has 1 aromatic carbocycles. The molecule has 1 aliphatic heterocycles. The largest absolute Gasteiger partial charge is 0.497 e. The minimum atomic E-state index is -0.260. The number of ether oxygens (including phenoxy) is 1. The van der Waals surface area contributed by atoms with Crippen LogP contribution in [0.25, 0.3) is 0 Å². The van der Waals surface area contributed by atoms with Crippen molar-refractivity contribution >= 4 is 0 Å². The second kappa shape index (κ2) is 5.93. The fraction of sp³-hybridized carbons (Fsp3) is 0.647. The topological polar surface area (TPSA) is 38.5 Å². The summed E-state index contributed by atoms with van der Waals surface area (Å²) >= 11 is 0. The van der Waals surface area contributed by atoms with Gasteiger partial charge in [-0.15, -0.1) is 0 Å². The lowest BCUT2D eigenvalue weighted by Crippen LogP contribution is -2.52. The van der Waals surface area contributed by atoms with Crippen LogP contribution in [0.15, 0.2) is 18.2 Å². The van der Waals surface area contributed by atoms with E-state index in [9.17, 15) is 4.39 Å². The van der Waals surface area contributed by atoms with Gasteiger partial charge >= 0.3 is 0 Å². The van der Waals surface area contributed by atoms with Crippen molar-refractivity contribution in [3.8, 4) is 5.75 Å². The minimum absolute atomic E-state index is 0.0497. The van der Waals surface area contributed by atoms with Crippen LogP contribution < -0.4 is 10.5 Å². The lowest BCUT2D eigenvalue weighted by Gasteiger charge is -2.43. The molecule has 4 heteroatoms. The Morgan fingerprint density at radius 1 is 1.19 bits per heavy atom. The van der Waals surface area contributed by atoms with E-state index in [4.69, 9.17) is 10.5 Å². The van der Waals surface area contributed by atoms with Gasteiger partial charge in [-0.2, -0.15) is 0 Å². The molecule has 1 aromatic rings. The number of halogens is 1. The number of nitrogens with two attached hydrogens (primary N) is 1. The molecule has 0 bridgehead atoms. The second-order valence-electron chi connectivity index (χ2n) is 6.37. The lowest BCUT2D eigenvalue weighted by molar-refractivity contribution is 0.0908. The van der Waals surface area contributed by atoms with Crippen molar-refractivity contribution < 1.29 is 9.13 Å². The number of methoxy groups -OCH3 is 1. The molecule has 2 fully saturated rings. The maximum absolute atomic E-state index is 14.4. The predicted octanol–water partition coefficient (Wildman–Crippen LogP) is 3.24. The van der Waals surface area contributed by atoms with Gasteiger partial charge in [0.2, 0.25) is 0 Å². The predicted molar refractivity (Wildman–Crippen MR) is 81.9 cm³/mol. The summed E-state index contributed by atoms with van der Waals surface area (Å²) in [5, 5.41) is 0. The van der Waals surface area contributed by atoms with Gasteiger partial charge in [-0.1, -0.05) is 18.9 Å². The van der Waals surface area contributed by atoms with Crippen LogP contribution in [0.4, 0.5) is 4.39 Å². The minimum Gasteiger partial charge on any atom is -0.497 e. The Morgan fingerprint density at radius 3 is 2.43 bits per heavy atom. The third-order valence-electron chi connectivity index (χ3n) is 5.33. The van der Waals surface area contributed by atoms with Crippen molar-refractivity contribution in [2.45, 2.75) is 50.1 Å². The molecule has 1 heterocycles. The van der Waals surface area contributed by atoms with Crippen molar-refractivity contribution in [3.05, 3.63) is 29.6 Å². The standard InChI is InChI=1S/C17H25FN2O/c1-21-13-6-7-14(15(18)12-13)16(19)17(8-2-3-9-17)20-10-4-5-11-20/h6-7,12,16H,2-5,8-11,19H2,1H3. The van der Waals surface area contributed by atoms with E-state index in [1.165, 1.54) is 31.7 Å². The van der Waals surface area contributed by atoms with Crippen LogP contribution in [0.5, 0.6) is 5.75 Å². The lowest BCUT2D eigenvalue weighted by atomic mass is 9.82. The molecule has 1 aliphatic carbocycles. The summed E-state index contributed by atoms with van der Waals surface area (Å²) in [6.07, 6.45) is 7.03. The normalized spacial score (nSPS) is 23.4. The van der Waals surface area contributed by atoms with E-state index < -0.39 is 0 Å². The number of hydrogen-bond acceptors (Lipinski definition) is 3. The maximum atomic E-state index is 14.4. The third-order valence-corrected chi connectivity index (χ3v) is 5.33.